The van der Waals surface area contributed by atoms with Gasteiger partial charge >= 0.3 is 0 Å². The van der Waals surface area contributed by atoms with Crippen molar-refractivity contribution < 1.29 is 0 Å². The van der Waals surface area contributed by atoms with Gasteiger partial charge in [-0.2, -0.15) is 0 Å². The lowest BCUT2D eigenvalue weighted by atomic mass is 9.97. The first-order valence-electron chi connectivity index (χ1n) is 4.77. The molecule has 0 fully saturated rings. The molecule has 0 saturated carbocycles. The smallest absolute Gasteiger partial charge is 0.0948 e. The van der Waals surface area contributed by atoms with Gasteiger partial charge in [0.1, 0.15) is 0 Å². The number of imidazole rings is 1. The molecule has 1 aromatic rings. The molecule has 0 bridgehead atoms. The number of aromatic nitrogens is 2. The summed E-state index contributed by atoms with van der Waals surface area (Å²) in [5.74, 6) is 0.740. The third kappa shape index (κ3) is 1.87. The maximum absolute atomic E-state index is 4.07. The summed E-state index contributed by atoms with van der Waals surface area (Å²) in [5, 5.41) is 0. The molecule has 12 heavy (non-hydrogen) atoms. The van der Waals surface area contributed by atoms with Crippen LogP contribution in [0.5, 0.6) is 0 Å². The topological polar surface area (TPSA) is 17.8 Å². The van der Waals surface area contributed by atoms with Crippen molar-refractivity contribution in [2.24, 2.45) is 5.92 Å². The summed E-state index contributed by atoms with van der Waals surface area (Å²) in [6.07, 6.45) is 8.24. The van der Waals surface area contributed by atoms with Crippen LogP contribution in [0.4, 0.5) is 0 Å². The Bertz CT molecular complexity index is 204. The molecule has 0 radical (unpaired) electrons. The zero-order valence-electron chi connectivity index (χ0n) is 8.20. The van der Waals surface area contributed by atoms with Gasteiger partial charge in [0.2, 0.25) is 0 Å². The lowest BCUT2D eigenvalue weighted by Gasteiger charge is -2.22. The number of nitrogens with zero attached hydrogens (tertiary/aromatic N) is 2. The van der Waals surface area contributed by atoms with Gasteiger partial charge in [-0.3, -0.25) is 0 Å². The van der Waals surface area contributed by atoms with Crippen molar-refractivity contribution in [2.75, 3.05) is 0 Å². The Balaban J connectivity index is 2.69. The molecule has 0 aliphatic heterocycles. The van der Waals surface area contributed by atoms with Crippen LogP contribution in [0.25, 0.3) is 0 Å². The van der Waals surface area contributed by atoms with Gasteiger partial charge in [0.05, 0.1) is 6.33 Å². The van der Waals surface area contributed by atoms with E-state index in [1.807, 2.05) is 12.5 Å². The molecule has 1 rings (SSSR count). The van der Waals surface area contributed by atoms with E-state index in [0.717, 1.165) is 5.92 Å². The molecule has 1 aromatic heterocycles. The van der Waals surface area contributed by atoms with Crippen molar-refractivity contribution in [3.8, 4) is 0 Å². The molecule has 0 spiro atoms. The van der Waals surface area contributed by atoms with E-state index in [-0.39, 0.29) is 0 Å². The van der Waals surface area contributed by atoms with Crippen LogP contribution in [0.15, 0.2) is 18.7 Å². The Kier molecular flexibility index (Phi) is 3.32. The molecule has 68 valence electrons. The highest BCUT2D eigenvalue weighted by atomic mass is 15.1. The van der Waals surface area contributed by atoms with E-state index in [1.54, 1.807) is 0 Å². The molecule has 0 amide bonds. The number of hydrogen-bond donors (Lipinski definition) is 0. The number of rotatable bonds is 4. The normalized spacial score (nSPS) is 15.9. The van der Waals surface area contributed by atoms with Crippen molar-refractivity contribution in [3.63, 3.8) is 0 Å². The van der Waals surface area contributed by atoms with Crippen molar-refractivity contribution in [3.05, 3.63) is 18.7 Å². The van der Waals surface area contributed by atoms with E-state index in [9.17, 15) is 0 Å². The lowest BCUT2D eigenvalue weighted by molar-refractivity contribution is 0.333. The largest absolute Gasteiger partial charge is 0.334 e. The highest BCUT2D eigenvalue weighted by Crippen LogP contribution is 2.23. The van der Waals surface area contributed by atoms with Gasteiger partial charge in [0, 0.05) is 18.4 Å². The molecule has 0 N–H and O–H groups in total. The maximum atomic E-state index is 4.07. The van der Waals surface area contributed by atoms with Crippen molar-refractivity contribution in [1.82, 2.24) is 9.55 Å². The predicted molar refractivity (Wildman–Crippen MR) is 51.0 cm³/mol. The average Bonchev–Trinajstić information content (AvgIpc) is 2.58. The quantitative estimate of drug-likeness (QED) is 0.672. The first-order valence-corrected chi connectivity index (χ1v) is 4.77. The molecule has 1 heterocycles. The molecule has 0 aliphatic carbocycles. The minimum Gasteiger partial charge on any atom is -0.334 e. The van der Waals surface area contributed by atoms with Gasteiger partial charge < -0.3 is 4.57 Å². The molecule has 0 saturated heterocycles. The fourth-order valence-electron chi connectivity index (χ4n) is 1.64. The third-order valence-corrected chi connectivity index (χ3v) is 2.63. The fraction of sp³-hybridized carbons (Fsp3) is 0.700. The monoisotopic (exact) mass is 166 g/mol. The summed E-state index contributed by atoms with van der Waals surface area (Å²) in [5.41, 5.74) is 0. The molecule has 2 nitrogen and oxygen atoms in total. The van der Waals surface area contributed by atoms with Crippen LogP contribution in [-0.4, -0.2) is 9.55 Å². The molecule has 0 aromatic carbocycles. The van der Waals surface area contributed by atoms with E-state index in [4.69, 9.17) is 0 Å². The standard InChI is InChI=1S/C10H18N2/c1-4-9(3)10(5-2)12-7-6-11-8-12/h6-10H,4-5H2,1-3H3. The average molecular weight is 166 g/mol. The first kappa shape index (κ1) is 9.30. The van der Waals surface area contributed by atoms with Crippen molar-refractivity contribution in [1.29, 1.82) is 0 Å². The van der Waals surface area contributed by atoms with E-state index in [2.05, 4.69) is 36.5 Å². The molecular formula is C10H18N2. The maximum Gasteiger partial charge on any atom is 0.0948 e. The first-order chi connectivity index (χ1) is 5.79. The van der Waals surface area contributed by atoms with Gasteiger partial charge in [-0.25, -0.2) is 4.98 Å². The van der Waals surface area contributed by atoms with E-state index in [1.165, 1.54) is 12.8 Å². The summed E-state index contributed by atoms with van der Waals surface area (Å²) in [7, 11) is 0. The molecule has 0 aliphatic rings. The Morgan fingerprint density at radius 3 is 2.50 bits per heavy atom. The van der Waals surface area contributed by atoms with Gasteiger partial charge in [0.25, 0.3) is 0 Å². The summed E-state index contributed by atoms with van der Waals surface area (Å²) < 4.78 is 2.22. The zero-order valence-corrected chi connectivity index (χ0v) is 8.20. The fourth-order valence-corrected chi connectivity index (χ4v) is 1.64. The van der Waals surface area contributed by atoms with Crippen LogP contribution < -0.4 is 0 Å². The summed E-state index contributed by atoms with van der Waals surface area (Å²) >= 11 is 0. The molecular weight excluding hydrogens is 148 g/mol. The Labute approximate surface area is 74.6 Å². The Morgan fingerprint density at radius 2 is 2.08 bits per heavy atom. The minimum atomic E-state index is 0.623. The summed E-state index contributed by atoms with van der Waals surface area (Å²) in [6, 6.07) is 0.623. The van der Waals surface area contributed by atoms with Gasteiger partial charge in [0.15, 0.2) is 0 Å². The molecule has 2 atom stereocenters. The third-order valence-electron chi connectivity index (χ3n) is 2.63. The minimum absolute atomic E-state index is 0.623. The van der Waals surface area contributed by atoms with Gasteiger partial charge in [-0.05, 0) is 12.3 Å². The van der Waals surface area contributed by atoms with Crippen molar-refractivity contribution >= 4 is 0 Å². The Morgan fingerprint density at radius 1 is 1.33 bits per heavy atom. The van der Waals surface area contributed by atoms with Crippen LogP contribution >= 0.6 is 0 Å². The second kappa shape index (κ2) is 4.29. The highest BCUT2D eigenvalue weighted by Gasteiger charge is 2.14. The highest BCUT2D eigenvalue weighted by molar-refractivity contribution is 4.81. The van der Waals surface area contributed by atoms with Crippen LogP contribution in [0, 0.1) is 5.92 Å². The summed E-state index contributed by atoms with van der Waals surface area (Å²) in [4.78, 5) is 4.07. The Hall–Kier alpha value is -0.790. The van der Waals surface area contributed by atoms with Crippen LogP contribution in [-0.2, 0) is 0 Å². The van der Waals surface area contributed by atoms with E-state index in [0.29, 0.717) is 6.04 Å². The lowest BCUT2D eigenvalue weighted by Crippen LogP contribution is -2.14. The van der Waals surface area contributed by atoms with Gasteiger partial charge in [-0.1, -0.05) is 27.2 Å². The molecule has 2 unspecified atom stereocenters. The van der Waals surface area contributed by atoms with E-state index >= 15 is 0 Å². The SMILES string of the molecule is CCC(C)C(CC)n1ccnc1. The van der Waals surface area contributed by atoms with Crippen LogP contribution in [0.3, 0.4) is 0 Å². The molecule has 2 heteroatoms. The van der Waals surface area contributed by atoms with Crippen LogP contribution in [0.1, 0.15) is 39.7 Å². The van der Waals surface area contributed by atoms with Crippen LogP contribution in [0.2, 0.25) is 0 Å². The number of hydrogen-bond acceptors (Lipinski definition) is 1. The zero-order chi connectivity index (χ0) is 8.97. The summed E-state index contributed by atoms with van der Waals surface area (Å²) in [6.45, 7) is 6.77. The van der Waals surface area contributed by atoms with Crippen molar-refractivity contribution in [2.45, 2.75) is 39.7 Å². The second-order valence-electron chi connectivity index (χ2n) is 3.37. The predicted octanol–water partition coefficient (Wildman–Crippen LogP) is 2.88. The van der Waals surface area contributed by atoms with E-state index < -0.39 is 0 Å². The second-order valence-corrected chi connectivity index (χ2v) is 3.37. The van der Waals surface area contributed by atoms with Gasteiger partial charge in [-0.15, -0.1) is 0 Å².